The van der Waals surface area contributed by atoms with E-state index in [1.807, 2.05) is 4.68 Å². The van der Waals surface area contributed by atoms with Crippen LogP contribution in [0.4, 0.5) is 5.69 Å². The number of methoxy groups -OCH3 is 1. The maximum atomic E-state index is 12.2. The maximum absolute atomic E-state index is 12.2. The normalized spacial score (nSPS) is 17.9. The molecule has 1 atom stereocenters. The summed E-state index contributed by atoms with van der Waals surface area (Å²) < 4.78 is 13.8. The molecule has 0 radical (unpaired) electrons. The number of ether oxygens (including phenoxy) is 2. The van der Waals surface area contributed by atoms with Gasteiger partial charge in [-0.05, 0) is 6.42 Å². The maximum Gasteiger partial charge on any atom is 0.262 e. The van der Waals surface area contributed by atoms with Crippen LogP contribution in [0.1, 0.15) is 22.8 Å². The fourth-order valence-electron chi connectivity index (χ4n) is 2.31. The number of nitrogens with one attached hydrogen (secondary N) is 1. The molecule has 0 saturated carbocycles. The predicted molar refractivity (Wildman–Crippen MR) is 74.4 cm³/mol. The number of anilines is 1. The summed E-state index contributed by atoms with van der Waals surface area (Å²) in [7, 11) is 3.22. The summed E-state index contributed by atoms with van der Waals surface area (Å²) in [6, 6.07) is 0.239. The second-order valence-corrected chi connectivity index (χ2v) is 4.91. The first-order valence-electron chi connectivity index (χ1n) is 6.68. The molecule has 112 valence electrons. The van der Waals surface area contributed by atoms with Crippen molar-refractivity contribution in [2.45, 2.75) is 12.5 Å². The highest BCUT2D eigenvalue weighted by atomic mass is 16.5. The van der Waals surface area contributed by atoms with E-state index in [0.717, 1.165) is 13.0 Å². The van der Waals surface area contributed by atoms with Gasteiger partial charge in [0.15, 0.2) is 0 Å². The van der Waals surface area contributed by atoms with Crippen molar-refractivity contribution in [2.75, 3.05) is 25.6 Å². The number of aryl methyl sites for hydroxylation is 1. The lowest BCUT2D eigenvalue weighted by Crippen LogP contribution is -2.12. The molecule has 2 aromatic rings. The Morgan fingerprint density at radius 2 is 2.38 bits per heavy atom. The van der Waals surface area contributed by atoms with Gasteiger partial charge in [-0.1, -0.05) is 0 Å². The summed E-state index contributed by atoms with van der Waals surface area (Å²) in [4.78, 5) is 12.2. The van der Waals surface area contributed by atoms with Crippen LogP contribution in [-0.2, 0) is 11.8 Å². The van der Waals surface area contributed by atoms with Crippen molar-refractivity contribution < 1.29 is 14.3 Å². The topological polar surface area (TPSA) is 83.2 Å². The number of hydrogen-bond acceptors (Lipinski definition) is 5. The third-order valence-corrected chi connectivity index (χ3v) is 3.37. The number of carbonyl (C=O) groups excluding carboxylic acids is 1. The van der Waals surface area contributed by atoms with E-state index in [0.29, 0.717) is 23.7 Å². The number of carbonyl (C=O) groups is 1. The van der Waals surface area contributed by atoms with Gasteiger partial charge in [-0.2, -0.15) is 5.10 Å². The Hall–Kier alpha value is -2.35. The van der Waals surface area contributed by atoms with Gasteiger partial charge in [-0.3, -0.25) is 14.2 Å². The standard InChI is InChI=1S/C13H17N5O3/c1-17-7-11(13(16-17)20-2)12(19)15-9-5-14-18(6-9)10-3-4-21-8-10/h5-7,10H,3-4,8H2,1-2H3,(H,15,19). The van der Waals surface area contributed by atoms with Gasteiger partial charge in [0.2, 0.25) is 5.88 Å². The summed E-state index contributed by atoms with van der Waals surface area (Å²) in [5.41, 5.74) is 1.02. The van der Waals surface area contributed by atoms with E-state index in [4.69, 9.17) is 9.47 Å². The summed E-state index contributed by atoms with van der Waals surface area (Å²) in [6.45, 7) is 1.41. The number of hydrogen-bond donors (Lipinski definition) is 1. The van der Waals surface area contributed by atoms with Crippen LogP contribution in [0.3, 0.4) is 0 Å². The molecule has 8 heteroatoms. The Morgan fingerprint density at radius 3 is 3.10 bits per heavy atom. The fourth-order valence-corrected chi connectivity index (χ4v) is 2.31. The molecule has 3 rings (SSSR count). The summed E-state index contributed by atoms with van der Waals surface area (Å²) >= 11 is 0. The van der Waals surface area contributed by atoms with Gasteiger partial charge in [0, 0.05) is 26.0 Å². The summed E-state index contributed by atoms with van der Waals surface area (Å²) in [5, 5.41) is 11.1. The van der Waals surface area contributed by atoms with Crippen molar-refractivity contribution in [2.24, 2.45) is 7.05 Å². The highest BCUT2D eigenvalue weighted by Crippen LogP contribution is 2.21. The molecule has 1 amide bonds. The number of nitrogens with zero attached hydrogens (tertiary/aromatic N) is 4. The Kier molecular flexibility index (Phi) is 3.61. The van der Waals surface area contributed by atoms with Crippen LogP contribution in [0.25, 0.3) is 0 Å². The van der Waals surface area contributed by atoms with Crippen LogP contribution in [0, 0.1) is 0 Å². The molecule has 1 aliphatic rings. The molecule has 0 aromatic carbocycles. The average Bonchev–Trinajstić information content (AvgIpc) is 3.16. The highest BCUT2D eigenvalue weighted by Gasteiger charge is 2.20. The first kappa shape index (κ1) is 13.6. The molecule has 3 heterocycles. The Morgan fingerprint density at radius 1 is 1.52 bits per heavy atom. The molecule has 8 nitrogen and oxygen atoms in total. The number of rotatable bonds is 4. The molecule has 21 heavy (non-hydrogen) atoms. The first-order valence-corrected chi connectivity index (χ1v) is 6.68. The Balaban J connectivity index is 1.72. The van der Waals surface area contributed by atoms with Crippen LogP contribution in [0.5, 0.6) is 5.88 Å². The van der Waals surface area contributed by atoms with Crippen LogP contribution >= 0.6 is 0 Å². The minimum Gasteiger partial charge on any atom is -0.479 e. The van der Waals surface area contributed by atoms with E-state index in [2.05, 4.69) is 15.5 Å². The largest absolute Gasteiger partial charge is 0.479 e. The predicted octanol–water partition coefficient (Wildman–Crippen LogP) is 0.839. The zero-order chi connectivity index (χ0) is 14.8. The minimum absolute atomic E-state index is 0.239. The molecule has 1 aliphatic heterocycles. The van der Waals surface area contributed by atoms with Crippen molar-refractivity contribution in [1.29, 1.82) is 0 Å². The lowest BCUT2D eigenvalue weighted by Gasteiger charge is -2.06. The van der Waals surface area contributed by atoms with Crippen LogP contribution in [-0.4, -0.2) is 45.8 Å². The van der Waals surface area contributed by atoms with Crippen molar-refractivity contribution >= 4 is 11.6 Å². The van der Waals surface area contributed by atoms with Crippen LogP contribution < -0.4 is 10.1 Å². The van der Waals surface area contributed by atoms with Gasteiger partial charge >= 0.3 is 0 Å². The monoisotopic (exact) mass is 291 g/mol. The van der Waals surface area contributed by atoms with Gasteiger partial charge < -0.3 is 14.8 Å². The second-order valence-electron chi connectivity index (χ2n) is 4.91. The Labute approximate surface area is 121 Å². The highest BCUT2D eigenvalue weighted by molar-refractivity contribution is 6.05. The lowest BCUT2D eigenvalue weighted by molar-refractivity contribution is 0.102. The summed E-state index contributed by atoms with van der Waals surface area (Å²) in [5.74, 6) is 0.0220. The van der Waals surface area contributed by atoms with Crippen LogP contribution in [0.15, 0.2) is 18.6 Å². The molecule has 1 N–H and O–H groups in total. The molecule has 0 spiro atoms. The zero-order valence-corrected chi connectivity index (χ0v) is 11.9. The fraction of sp³-hybridized carbons (Fsp3) is 0.462. The van der Waals surface area contributed by atoms with E-state index in [1.165, 1.54) is 11.8 Å². The SMILES string of the molecule is COc1nn(C)cc1C(=O)Nc1cnn(C2CCOC2)c1. The lowest BCUT2D eigenvalue weighted by atomic mass is 10.3. The first-order chi connectivity index (χ1) is 10.2. The van der Waals surface area contributed by atoms with E-state index < -0.39 is 0 Å². The number of amides is 1. The number of aromatic nitrogens is 4. The van der Waals surface area contributed by atoms with E-state index in [1.54, 1.807) is 25.6 Å². The molecule has 0 aliphatic carbocycles. The molecule has 1 saturated heterocycles. The van der Waals surface area contributed by atoms with Crippen LogP contribution in [0.2, 0.25) is 0 Å². The van der Waals surface area contributed by atoms with Gasteiger partial charge in [0.1, 0.15) is 5.56 Å². The molecule has 2 aromatic heterocycles. The minimum atomic E-state index is -0.276. The van der Waals surface area contributed by atoms with Crippen molar-refractivity contribution in [3.63, 3.8) is 0 Å². The van der Waals surface area contributed by atoms with Crippen molar-refractivity contribution in [1.82, 2.24) is 19.6 Å². The van der Waals surface area contributed by atoms with Gasteiger partial charge in [0.25, 0.3) is 5.91 Å². The molecular formula is C13H17N5O3. The summed E-state index contributed by atoms with van der Waals surface area (Å²) in [6.07, 6.45) is 5.98. The third-order valence-electron chi connectivity index (χ3n) is 3.37. The molecule has 0 bridgehead atoms. The smallest absolute Gasteiger partial charge is 0.262 e. The quantitative estimate of drug-likeness (QED) is 0.902. The second kappa shape index (κ2) is 5.57. The van der Waals surface area contributed by atoms with E-state index in [9.17, 15) is 4.79 Å². The van der Waals surface area contributed by atoms with Crippen molar-refractivity contribution in [3.8, 4) is 5.88 Å². The molecular weight excluding hydrogens is 274 g/mol. The molecule has 1 unspecified atom stereocenters. The zero-order valence-electron chi connectivity index (χ0n) is 11.9. The van der Waals surface area contributed by atoms with E-state index in [-0.39, 0.29) is 11.9 Å². The molecule has 1 fully saturated rings. The van der Waals surface area contributed by atoms with Gasteiger partial charge in [-0.15, -0.1) is 5.10 Å². The van der Waals surface area contributed by atoms with Crippen molar-refractivity contribution in [3.05, 3.63) is 24.2 Å². The average molecular weight is 291 g/mol. The third kappa shape index (κ3) is 2.75. The van der Waals surface area contributed by atoms with Gasteiger partial charge in [-0.25, -0.2) is 0 Å². The Bertz CT molecular complexity index is 642. The van der Waals surface area contributed by atoms with E-state index >= 15 is 0 Å². The van der Waals surface area contributed by atoms with Gasteiger partial charge in [0.05, 0.1) is 31.6 Å².